The topological polar surface area (TPSA) is 55.8 Å². The summed E-state index contributed by atoms with van der Waals surface area (Å²) in [5, 5.41) is 9.27. The van der Waals surface area contributed by atoms with Crippen molar-refractivity contribution in [3.63, 3.8) is 0 Å². The molecule has 1 unspecified atom stereocenters. The molecule has 1 aromatic rings. The average molecular weight is 355 g/mol. The number of carboxylic acid groups (broad SMARTS) is 1. The van der Waals surface area contributed by atoms with E-state index in [0.717, 1.165) is 30.2 Å². The number of aromatic carboxylic acids is 1. The lowest BCUT2D eigenvalue weighted by Crippen LogP contribution is -2.41. The quantitative estimate of drug-likeness (QED) is 0.890. The first-order valence-corrected chi connectivity index (χ1v) is 8.21. The highest BCUT2D eigenvalue weighted by atomic mass is 79.9. The zero-order chi connectivity index (χ0) is 14.9. The fourth-order valence-corrected chi connectivity index (χ4v) is 3.74. The summed E-state index contributed by atoms with van der Waals surface area (Å²) in [4.78, 5) is 11.3. The van der Waals surface area contributed by atoms with Gasteiger partial charge in [0.15, 0.2) is 0 Å². The first-order valence-electron chi connectivity index (χ1n) is 7.41. The van der Waals surface area contributed by atoms with Crippen LogP contribution in [0.15, 0.2) is 22.7 Å². The van der Waals surface area contributed by atoms with Gasteiger partial charge in [-0.05, 0) is 31.0 Å². The summed E-state index contributed by atoms with van der Waals surface area (Å²) in [7, 11) is 0. The second-order valence-electron chi connectivity index (χ2n) is 5.92. The molecule has 1 spiro atoms. The summed E-state index contributed by atoms with van der Waals surface area (Å²) in [6.45, 7) is 0.696. The Labute approximate surface area is 132 Å². The molecule has 1 saturated carbocycles. The molecule has 5 heteroatoms. The summed E-state index contributed by atoms with van der Waals surface area (Å²) in [6, 6.07) is 5.03. The van der Waals surface area contributed by atoms with E-state index < -0.39 is 5.97 Å². The maximum Gasteiger partial charge on any atom is 0.339 e. The lowest BCUT2D eigenvalue weighted by atomic mass is 9.90. The second-order valence-corrected chi connectivity index (χ2v) is 6.83. The van der Waals surface area contributed by atoms with Gasteiger partial charge < -0.3 is 14.6 Å². The van der Waals surface area contributed by atoms with Crippen LogP contribution in [-0.2, 0) is 4.74 Å². The molecule has 114 valence electrons. The van der Waals surface area contributed by atoms with Crippen molar-refractivity contribution in [2.45, 2.75) is 50.2 Å². The van der Waals surface area contributed by atoms with Crippen LogP contribution in [-0.4, -0.2) is 29.4 Å². The fourth-order valence-electron chi connectivity index (χ4n) is 3.40. The van der Waals surface area contributed by atoms with Gasteiger partial charge in [0.1, 0.15) is 17.4 Å². The Morgan fingerprint density at radius 2 is 2.14 bits per heavy atom. The number of carbonyl (C=O) groups is 1. The number of carboxylic acids is 1. The van der Waals surface area contributed by atoms with E-state index >= 15 is 0 Å². The normalized spacial score (nSPS) is 24.1. The molecule has 1 N–H and O–H groups in total. The Morgan fingerprint density at radius 3 is 2.86 bits per heavy atom. The van der Waals surface area contributed by atoms with E-state index in [1.807, 2.05) is 0 Å². The average Bonchev–Trinajstić information content (AvgIpc) is 2.86. The maximum absolute atomic E-state index is 11.3. The van der Waals surface area contributed by atoms with Crippen LogP contribution in [0.25, 0.3) is 0 Å². The standard InChI is InChI=1S/C16H19BrO4/c17-11-3-4-13(15(18)19)14(9-11)21-12-5-8-20-16(10-12)6-1-2-7-16/h3-4,9,12H,1-2,5-8,10H2,(H,18,19). The smallest absolute Gasteiger partial charge is 0.339 e. The van der Waals surface area contributed by atoms with Gasteiger partial charge >= 0.3 is 5.97 Å². The predicted octanol–water partition coefficient (Wildman–Crippen LogP) is 4.02. The van der Waals surface area contributed by atoms with E-state index in [-0.39, 0.29) is 17.3 Å². The third-order valence-electron chi connectivity index (χ3n) is 4.43. The van der Waals surface area contributed by atoms with Crippen molar-refractivity contribution in [2.24, 2.45) is 0 Å². The van der Waals surface area contributed by atoms with Crippen LogP contribution in [0.5, 0.6) is 5.75 Å². The fraction of sp³-hybridized carbons (Fsp3) is 0.562. The zero-order valence-corrected chi connectivity index (χ0v) is 13.4. The largest absolute Gasteiger partial charge is 0.489 e. The van der Waals surface area contributed by atoms with Gasteiger partial charge in [-0.15, -0.1) is 0 Å². The Morgan fingerprint density at radius 1 is 1.38 bits per heavy atom. The van der Waals surface area contributed by atoms with Crippen LogP contribution in [0.2, 0.25) is 0 Å². The van der Waals surface area contributed by atoms with Crippen molar-refractivity contribution in [1.29, 1.82) is 0 Å². The van der Waals surface area contributed by atoms with Gasteiger partial charge in [0.05, 0.1) is 12.2 Å². The number of hydrogen-bond donors (Lipinski definition) is 1. The minimum absolute atomic E-state index is 0.0294. The number of ether oxygens (including phenoxy) is 2. The minimum Gasteiger partial charge on any atom is -0.489 e. The van der Waals surface area contributed by atoms with Gasteiger partial charge in [-0.25, -0.2) is 4.79 Å². The molecule has 0 aromatic heterocycles. The highest BCUT2D eigenvalue weighted by molar-refractivity contribution is 9.10. The van der Waals surface area contributed by atoms with Crippen LogP contribution >= 0.6 is 15.9 Å². The molecule has 1 aliphatic heterocycles. The Hall–Kier alpha value is -1.07. The van der Waals surface area contributed by atoms with E-state index in [2.05, 4.69) is 15.9 Å². The number of halogens is 1. The molecule has 1 heterocycles. The van der Waals surface area contributed by atoms with Crippen LogP contribution in [0.4, 0.5) is 0 Å². The first-order chi connectivity index (χ1) is 10.1. The van der Waals surface area contributed by atoms with E-state index in [4.69, 9.17) is 9.47 Å². The molecule has 1 saturated heterocycles. The van der Waals surface area contributed by atoms with Crippen LogP contribution in [0, 0.1) is 0 Å². The number of benzene rings is 1. The maximum atomic E-state index is 11.3. The third-order valence-corrected chi connectivity index (χ3v) is 4.92. The number of rotatable bonds is 3. The van der Waals surface area contributed by atoms with Crippen LogP contribution in [0.3, 0.4) is 0 Å². The minimum atomic E-state index is -0.958. The van der Waals surface area contributed by atoms with Gasteiger partial charge in [-0.3, -0.25) is 0 Å². The molecule has 0 bridgehead atoms. The molecule has 4 nitrogen and oxygen atoms in total. The summed E-state index contributed by atoms with van der Waals surface area (Å²) >= 11 is 3.37. The van der Waals surface area contributed by atoms with Gasteiger partial charge in [0, 0.05) is 17.3 Å². The molecule has 21 heavy (non-hydrogen) atoms. The van der Waals surface area contributed by atoms with Crippen molar-refractivity contribution >= 4 is 21.9 Å². The number of hydrogen-bond acceptors (Lipinski definition) is 3. The summed E-state index contributed by atoms with van der Waals surface area (Å²) in [6.07, 6.45) is 6.32. The van der Waals surface area contributed by atoms with E-state index in [1.165, 1.54) is 12.8 Å². The summed E-state index contributed by atoms with van der Waals surface area (Å²) in [5.41, 5.74) is 0.184. The first kappa shape index (κ1) is 14.9. The van der Waals surface area contributed by atoms with Gasteiger partial charge in [-0.1, -0.05) is 28.8 Å². The molecule has 3 rings (SSSR count). The van der Waals surface area contributed by atoms with Crippen molar-refractivity contribution in [3.05, 3.63) is 28.2 Å². The van der Waals surface area contributed by atoms with Crippen molar-refractivity contribution in [1.82, 2.24) is 0 Å². The van der Waals surface area contributed by atoms with Crippen LogP contribution in [0.1, 0.15) is 48.9 Å². The van der Waals surface area contributed by atoms with Crippen molar-refractivity contribution < 1.29 is 19.4 Å². The molecular formula is C16H19BrO4. The third kappa shape index (κ3) is 3.24. The van der Waals surface area contributed by atoms with E-state index in [0.29, 0.717) is 12.4 Å². The van der Waals surface area contributed by atoms with Gasteiger partial charge in [0.2, 0.25) is 0 Å². The van der Waals surface area contributed by atoms with Gasteiger partial charge in [0.25, 0.3) is 0 Å². The van der Waals surface area contributed by atoms with Crippen molar-refractivity contribution in [3.8, 4) is 5.75 Å². The monoisotopic (exact) mass is 354 g/mol. The lowest BCUT2D eigenvalue weighted by Gasteiger charge is -2.38. The summed E-state index contributed by atoms with van der Waals surface area (Å²) < 4.78 is 12.8. The highest BCUT2D eigenvalue weighted by Gasteiger charge is 2.40. The van der Waals surface area contributed by atoms with E-state index in [1.54, 1.807) is 18.2 Å². The van der Waals surface area contributed by atoms with Gasteiger partial charge in [-0.2, -0.15) is 0 Å². The Balaban J connectivity index is 1.77. The molecule has 1 aliphatic carbocycles. The summed E-state index contributed by atoms with van der Waals surface area (Å²) in [5.74, 6) is -0.517. The molecule has 0 radical (unpaired) electrons. The SMILES string of the molecule is O=C(O)c1ccc(Br)cc1OC1CCOC2(CCCC2)C1. The molecule has 2 aliphatic rings. The highest BCUT2D eigenvalue weighted by Crippen LogP contribution is 2.41. The molecule has 1 aromatic carbocycles. The molecular weight excluding hydrogens is 336 g/mol. The second kappa shape index (κ2) is 5.97. The lowest BCUT2D eigenvalue weighted by molar-refractivity contribution is -0.108. The Bertz CT molecular complexity index is 537. The Kier molecular flexibility index (Phi) is 4.22. The predicted molar refractivity (Wildman–Crippen MR) is 81.9 cm³/mol. The molecule has 0 amide bonds. The molecule has 1 atom stereocenters. The van der Waals surface area contributed by atoms with Crippen molar-refractivity contribution in [2.75, 3.05) is 6.61 Å². The van der Waals surface area contributed by atoms with E-state index in [9.17, 15) is 9.90 Å². The zero-order valence-electron chi connectivity index (χ0n) is 11.8. The van der Waals surface area contributed by atoms with Crippen LogP contribution < -0.4 is 4.74 Å². The molecule has 2 fully saturated rings.